The van der Waals surface area contributed by atoms with E-state index in [1.165, 1.54) is 0 Å². The number of nitrogens with one attached hydrogen (secondary N) is 1. The van der Waals surface area contributed by atoms with Crippen LogP contribution in [0.3, 0.4) is 0 Å². The molecule has 0 saturated heterocycles. The number of carbonyl (C=O) groups is 1. The maximum absolute atomic E-state index is 12.3. The summed E-state index contributed by atoms with van der Waals surface area (Å²) < 4.78 is 5.83. The molecule has 0 spiro atoms. The Bertz CT molecular complexity index is 655. The number of halogens is 1. The summed E-state index contributed by atoms with van der Waals surface area (Å²) in [5.41, 5.74) is 1.67. The Labute approximate surface area is 136 Å². The van der Waals surface area contributed by atoms with Crippen LogP contribution in [0.5, 0.6) is 5.75 Å². The number of hydrogen-bond acceptors (Lipinski definition) is 2. The van der Waals surface area contributed by atoms with E-state index in [4.69, 9.17) is 16.3 Å². The molecule has 2 rings (SSSR count). The maximum atomic E-state index is 12.3. The summed E-state index contributed by atoms with van der Waals surface area (Å²) in [6.45, 7) is 5.91. The van der Waals surface area contributed by atoms with E-state index in [-0.39, 0.29) is 5.91 Å². The molecule has 4 heteroatoms. The molecule has 116 valence electrons. The Morgan fingerprint density at radius 2 is 1.68 bits per heavy atom. The molecular formula is C18H20ClNO2. The molecule has 1 atom stereocenters. The fraction of sp³-hybridized carbons (Fsp3) is 0.278. The summed E-state index contributed by atoms with van der Waals surface area (Å²) in [6, 6.07) is 14.9. The molecule has 3 nitrogen and oxygen atoms in total. The average molecular weight is 318 g/mol. The third kappa shape index (κ3) is 4.01. The minimum absolute atomic E-state index is 0.230. The number of carbonyl (C=O) groups excluding carboxylic acids is 1. The first-order valence-corrected chi connectivity index (χ1v) is 7.67. The Hall–Kier alpha value is -2.00. The Morgan fingerprint density at radius 1 is 1.05 bits per heavy atom. The van der Waals surface area contributed by atoms with Crippen LogP contribution in [-0.4, -0.2) is 12.0 Å². The molecule has 0 aliphatic heterocycles. The highest BCUT2D eigenvalue weighted by Crippen LogP contribution is 2.27. The van der Waals surface area contributed by atoms with Gasteiger partial charge >= 0.3 is 0 Å². The topological polar surface area (TPSA) is 38.3 Å². The van der Waals surface area contributed by atoms with Crippen LogP contribution in [0.1, 0.15) is 32.3 Å². The SMILES string of the molecule is CC(C)c1ccccc1O[C@H](C)C(=O)Nc1ccccc1Cl. The van der Waals surface area contributed by atoms with E-state index in [0.717, 1.165) is 11.3 Å². The number of amides is 1. The second kappa shape index (κ2) is 7.32. The Kier molecular flexibility index (Phi) is 5.45. The summed E-state index contributed by atoms with van der Waals surface area (Å²) in [5.74, 6) is 0.834. The van der Waals surface area contributed by atoms with E-state index >= 15 is 0 Å². The highest BCUT2D eigenvalue weighted by molar-refractivity contribution is 6.33. The molecule has 1 N–H and O–H groups in total. The van der Waals surface area contributed by atoms with Crippen molar-refractivity contribution < 1.29 is 9.53 Å². The molecule has 0 aliphatic carbocycles. The van der Waals surface area contributed by atoms with Gasteiger partial charge in [0.05, 0.1) is 10.7 Å². The second-order valence-corrected chi connectivity index (χ2v) is 5.83. The quantitative estimate of drug-likeness (QED) is 0.854. The molecule has 0 aromatic heterocycles. The molecule has 1 amide bonds. The second-order valence-electron chi connectivity index (χ2n) is 5.42. The third-order valence-corrected chi connectivity index (χ3v) is 3.68. The fourth-order valence-electron chi connectivity index (χ4n) is 2.11. The number of rotatable bonds is 5. The van der Waals surface area contributed by atoms with Crippen LogP contribution < -0.4 is 10.1 Å². The van der Waals surface area contributed by atoms with Crippen molar-refractivity contribution in [2.24, 2.45) is 0 Å². The molecule has 2 aromatic rings. The van der Waals surface area contributed by atoms with Crippen molar-refractivity contribution in [1.29, 1.82) is 0 Å². The van der Waals surface area contributed by atoms with Gasteiger partial charge in [-0.05, 0) is 36.6 Å². The number of hydrogen-bond donors (Lipinski definition) is 1. The van der Waals surface area contributed by atoms with Gasteiger partial charge in [0.2, 0.25) is 0 Å². The summed E-state index contributed by atoms with van der Waals surface area (Å²) in [4.78, 5) is 12.3. The summed E-state index contributed by atoms with van der Waals surface area (Å²) >= 11 is 6.04. The van der Waals surface area contributed by atoms with Gasteiger partial charge in [0, 0.05) is 0 Å². The Morgan fingerprint density at radius 3 is 2.36 bits per heavy atom. The lowest BCUT2D eigenvalue weighted by Crippen LogP contribution is -2.30. The van der Waals surface area contributed by atoms with Crippen LogP contribution in [0.4, 0.5) is 5.69 Å². The van der Waals surface area contributed by atoms with Crippen molar-refractivity contribution in [3.63, 3.8) is 0 Å². The standard InChI is InChI=1S/C18H20ClNO2/c1-12(2)14-8-4-7-11-17(14)22-13(3)18(21)20-16-10-6-5-9-15(16)19/h4-13H,1-3H3,(H,20,21)/t13-/m1/s1. The van der Waals surface area contributed by atoms with Gasteiger partial charge in [0.25, 0.3) is 5.91 Å². The predicted molar refractivity (Wildman–Crippen MR) is 90.7 cm³/mol. The van der Waals surface area contributed by atoms with Gasteiger partial charge in [-0.1, -0.05) is 55.8 Å². The van der Waals surface area contributed by atoms with Crippen molar-refractivity contribution in [1.82, 2.24) is 0 Å². The van der Waals surface area contributed by atoms with E-state index < -0.39 is 6.10 Å². The zero-order valence-electron chi connectivity index (χ0n) is 13.0. The summed E-state index contributed by atoms with van der Waals surface area (Å²) in [6.07, 6.45) is -0.615. The molecule has 0 bridgehead atoms. The van der Waals surface area contributed by atoms with Crippen LogP contribution in [0.2, 0.25) is 5.02 Å². The van der Waals surface area contributed by atoms with Crippen LogP contribution in [-0.2, 0) is 4.79 Å². The number of benzene rings is 2. The van der Waals surface area contributed by atoms with Gasteiger partial charge in [0.15, 0.2) is 6.10 Å². The largest absolute Gasteiger partial charge is 0.481 e. The van der Waals surface area contributed by atoms with Gasteiger partial charge in [-0.15, -0.1) is 0 Å². The molecule has 0 saturated carbocycles. The van der Waals surface area contributed by atoms with E-state index in [9.17, 15) is 4.79 Å². The van der Waals surface area contributed by atoms with Crippen molar-refractivity contribution in [2.75, 3.05) is 5.32 Å². The molecule has 0 unspecified atom stereocenters. The smallest absolute Gasteiger partial charge is 0.265 e. The van der Waals surface area contributed by atoms with E-state index in [1.807, 2.05) is 36.4 Å². The van der Waals surface area contributed by atoms with E-state index in [1.54, 1.807) is 19.1 Å². The first-order valence-electron chi connectivity index (χ1n) is 7.30. The lowest BCUT2D eigenvalue weighted by Gasteiger charge is -2.19. The zero-order chi connectivity index (χ0) is 16.1. The molecule has 0 aliphatic rings. The van der Waals surface area contributed by atoms with E-state index in [0.29, 0.717) is 16.6 Å². The summed E-state index contributed by atoms with van der Waals surface area (Å²) in [5, 5.41) is 3.29. The minimum atomic E-state index is -0.615. The number of para-hydroxylation sites is 2. The van der Waals surface area contributed by atoms with E-state index in [2.05, 4.69) is 19.2 Å². The number of anilines is 1. The van der Waals surface area contributed by atoms with Crippen molar-refractivity contribution in [2.45, 2.75) is 32.8 Å². The van der Waals surface area contributed by atoms with Crippen LogP contribution >= 0.6 is 11.6 Å². The monoisotopic (exact) mass is 317 g/mol. The normalized spacial score (nSPS) is 12.0. The summed E-state index contributed by atoms with van der Waals surface area (Å²) in [7, 11) is 0. The predicted octanol–water partition coefficient (Wildman–Crippen LogP) is 4.87. The lowest BCUT2D eigenvalue weighted by atomic mass is 10.0. The minimum Gasteiger partial charge on any atom is -0.481 e. The highest BCUT2D eigenvalue weighted by Gasteiger charge is 2.18. The van der Waals surface area contributed by atoms with Crippen LogP contribution in [0.15, 0.2) is 48.5 Å². The first kappa shape index (κ1) is 16.4. The number of ether oxygens (including phenoxy) is 1. The molecule has 0 fully saturated rings. The molecule has 2 aromatic carbocycles. The van der Waals surface area contributed by atoms with Crippen molar-refractivity contribution in [3.8, 4) is 5.75 Å². The lowest BCUT2D eigenvalue weighted by molar-refractivity contribution is -0.122. The van der Waals surface area contributed by atoms with Gasteiger partial charge < -0.3 is 10.1 Å². The van der Waals surface area contributed by atoms with Gasteiger partial charge in [0.1, 0.15) is 5.75 Å². The van der Waals surface area contributed by atoms with Crippen molar-refractivity contribution >= 4 is 23.2 Å². The maximum Gasteiger partial charge on any atom is 0.265 e. The fourth-order valence-corrected chi connectivity index (χ4v) is 2.29. The van der Waals surface area contributed by atoms with Crippen LogP contribution in [0.25, 0.3) is 0 Å². The van der Waals surface area contributed by atoms with Crippen molar-refractivity contribution in [3.05, 3.63) is 59.1 Å². The van der Waals surface area contributed by atoms with Gasteiger partial charge in [-0.25, -0.2) is 0 Å². The zero-order valence-corrected chi connectivity index (χ0v) is 13.7. The molecule has 0 radical (unpaired) electrons. The molecule has 22 heavy (non-hydrogen) atoms. The molecular weight excluding hydrogens is 298 g/mol. The first-order chi connectivity index (χ1) is 10.5. The third-order valence-electron chi connectivity index (χ3n) is 3.35. The molecule has 0 heterocycles. The highest BCUT2D eigenvalue weighted by atomic mass is 35.5. The van der Waals surface area contributed by atoms with Crippen LogP contribution in [0, 0.1) is 0 Å². The Balaban J connectivity index is 2.08. The average Bonchev–Trinajstić information content (AvgIpc) is 2.49. The van der Waals surface area contributed by atoms with Gasteiger partial charge in [-0.3, -0.25) is 4.79 Å². The van der Waals surface area contributed by atoms with Gasteiger partial charge in [-0.2, -0.15) is 0 Å².